The summed E-state index contributed by atoms with van der Waals surface area (Å²) < 4.78 is 12.9. The number of amides is 1. The molecule has 4 nitrogen and oxygen atoms in total. The molecular weight excluding hydrogens is 269 g/mol. The number of halogens is 2. The maximum absolute atomic E-state index is 12.9. The molecule has 0 aliphatic heterocycles. The lowest BCUT2D eigenvalue weighted by Crippen LogP contribution is -2.15. The Balaban J connectivity index is 2.29. The minimum atomic E-state index is -0.751. The van der Waals surface area contributed by atoms with Crippen LogP contribution in [0.4, 0.5) is 10.1 Å². The van der Waals surface area contributed by atoms with E-state index < -0.39 is 11.9 Å². The predicted molar refractivity (Wildman–Crippen MR) is 68.3 cm³/mol. The Hall–Kier alpha value is -2.45. The zero-order valence-corrected chi connectivity index (χ0v) is 10.3. The van der Waals surface area contributed by atoms with Crippen LogP contribution in [0.3, 0.4) is 0 Å². The van der Waals surface area contributed by atoms with Crippen LogP contribution in [0.25, 0.3) is 0 Å². The summed E-state index contributed by atoms with van der Waals surface area (Å²) in [6.45, 7) is 0. The fraction of sp³-hybridized carbons (Fsp3) is 0. The molecule has 0 bridgehead atoms. The van der Waals surface area contributed by atoms with Crippen molar-refractivity contribution >= 4 is 23.2 Å². The molecule has 0 saturated heterocycles. The van der Waals surface area contributed by atoms with Gasteiger partial charge in [-0.2, -0.15) is 9.65 Å². The molecule has 1 aromatic heterocycles. The normalized spacial score (nSPS) is 9.74. The van der Waals surface area contributed by atoms with Crippen LogP contribution in [0, 0.1) is 17.3 Å². The lowest BCUT2D eigenvalue weighted by molar-refractivity contribution is 0.102. The molecule has 0 saturated carbocycles. The number of rotatable bonds is 2. The van der Waals surface area contributed by atoms with Crippen LogP contribution >= 0.6 is 11.6 Å². The number of nitrogens with zero attached hydrogens (tertiary/aromatic N) is 2. The topological polar surface area (TPSA) is 65.8 Å². The van der Waals surface area contributed by atoms with E-state index in [1.54, 1.807) is 0 Å². The van der Waals surface area contributed by atoms with Gasteiger partial charge in [-0.3, -0.25) is 4.79 Å². The first-order chi connectivity index (χ1) is 9.10. The van der Waals surface area contributed by atoms with Gasteiger partial charge in [-0.25, -0.2) is 4.98 Å². The van der Waals surface area contributed by atoms with Gasteiger partial charge in [0.15, 0.2) is 0 Å². The summed E-state index contributed by atoms with van der Waals surface area (Å²) in [6, 6.07) is 10.3. The molecular formula is C13H7ClFN3O. The average molecular weight is 276 g/mol. The molecule has 0 atom stereocenters. The van der Waals surface area contributed by atoms with Crippen molar-refractivity contribution < 1.29 is 9.18 Å². The highest BCUT2D eigenvalue weighted by Crippen LogP contribution is 2.20. The molecule has 2 rings (SSSR count). The summed E-state index contributed by atoms with van der Waals surface area (Å²) in [5.41, 5.74) is 0.434. The van der Waals surface area contributed by atoms with Gasteiger partial charge in [0.2, 0.25) is 5.95 Å². The van der Waals surface area contributed by atoms with E-state index in [9.17, 15) is 9.18 Å². The fourth-order valence-corrected chi connectivity index (χ4v) is 1.61. The van der Waals surface area contributed by atoms with E-state index in [0.29, 0.717) is 5.02 Å². The Morgan fingerprint density at radius 3 is 2.84 bits per heavy atom. The quantitative estimate of drug-likeness (QED) is 0.857. The standard InChI is InChI=1S/C13H7ClFN3O/c14-9-5-4-8(7-16)11(6-9)18-13(19)10-2-1-3-12(15)17-10/h1-6H,(H,18,19). The van der Waals surface area contributed by atoms with Gasteiger partial charge in [-0.1, -0.05) is 17.7 Å². The molecule has 0 fully saturated rings. The summed E-state index contributed by atoms with van der Waals surface area (Å²) in [6.07, 6.45) is 0. The molecule has 0 aliphatic rings. The van der Waals surface area contributed by atoms with Gasteiger partial charge in [-0.05, 0) is 30.3 Å². The van der Waals surface area contributed by atoms with Crippen LogP contribution in [0.2, 0.25) is 5.02 Å². The van der Waals surface area contributed by atoms with Gasteiger partial charge in [-0.15, -0.1) is 0 Å². The molecule has 1 N–H and O–H groups in total. The number of anilines is 1. The van der Waals surface area contributed by atoms with Gasteiger partial charge in [0.05, 0.1) is 11.3 Å². The van der Waals surface area contributed by atoms with Crippen LogP contribution in [0.5, 0.6) is 0 Å². The molecule has 94 valence electrons. The van der Waals surface area contributed by atoms with Gasteiger partial charge < -0.3 is 5.32 Å². The van der Waals surface area contributed by atoms with E-state index in [0.717, 1.165) is 6.07 Å². The molecule has 19 heavy (non-hydrogen) atoms. The number of aromatic nitrogens is 1. The zero-order chi connectivity index (χ0) is 13.8. The molecule has 0 unspecified atom stereocenters. The van der Waals surface area contributed by atoms with Crippen LogP contribution in [0.15, 0.2) is 36.4 Å². The third kappa shape index (κ3) is 3.06. The first kappa shape index (κ1) is 13.0. The van der Waals surface area contributed by atoms with Crippen molar-refractivity contribution in [1.29, 1.82) is 5.26 Å². The summed E-state index contributed by atoms with van der Waals surface area (Å²) in [4.78, 5) is 15.3. The van der Waals surface area contributed by atoms with Crippen LogP contribution in [0.1, 0.15) is 16.1 Å². The maximum atomic E-state index is 12.9. The van der Waals surface area contributed by atoms with E-state index in [2.05, 4.69) is 10.3 Å². The average Bonchev–Trinajstić information content (AvgIpc) is 2.39. The van der Waals surface area contributed by atoms with Crippen molar-refractivity contribution in [3.63, 3.8) is 0 Å². The van der Waals surface area contributed by atoms with Crippen LogP contribution in [-0.2, 0) is 0 Å². The van der Waals surface area contributed by atoms with Crippen LogP contribution < -0.4 is 5.32 Å². The number of carbonyl (C=O) groups excluding carboxylic acids is 1. The lowest BCUT2D eigenvalue weighted by Gasteiger charge is -2.06. The molecule has 0 spiro atoms. The molecule has 0 radical (unpaired) electrons. The molecule has 1 amide bonds. The second-order valence-electron chi connectivity index (χ2n) is 3.60. The van der Waals surface area contributed by atoms with Gasteiger partial charge in [0.1, 0.15) is 11.8 Å². The lowest BCUT2D eigenvalue weighted by atomic mass is 10.2. The number of carbonyl (C=O) groups is 1. The first-order valence-electron chi connectivity index (χ1n) is 5.23. The van der Waals surface area contributed by atoms with Crippen molar-refractivity contribution in [2.45, 2.75) is 0 Å². The summed E-state index contributed by atoms with van der Waals surface area (Å²) >= 11 is 5.79. The van der Waals surface area contributed by atoms with Crippen molar-refractivity contribution in [3.8, 4) is 6.07 Å². The maximum Gasteiger partial charge on any atom is 0.274 e. The molecule has 1 heterocycles. The minimum absolute atomic E-state index is 0.0798. The Kier molecular flexibility index (Phi) is 3.74. The highest BCUT2D eigenvalue weighted by molar-refractivity contribution is 6.31. The van der Waals surface area contributed by atoms with Gasteiger partial charge in [0, 0.05) is 5.02 Å². The highest BCUT2D eigenvalue weighted by Gasteiger charge is 2.11. The molecule has 2 aromatic rings. The van der Waals surface area contributed by atoms with Crippen molar-refractivity contribution in [3.05, 3.63) is 58.6 Å². The third-order valence-corrected chi connectivity index (χ3v) is 2.53. The Morgan fingerprint density at radius 2 is 2.16 bits per heavy atom. The van der Waals surface area contributed by atoms with Crippen molar-refractivity contribution in [1.82, 2.24) is 4.98 Å². The SMILES string of the molecule is N#Cc1ccc(Cl)cc1NC(=O)c1cccc(F)n1. The summed E-state index contributed by atoms with van der Waals surface area (Å²) in [7, 11) is 0. The Bertz CT molecular complexity index is 682. The second-order valence-corrected chi connectivity index (χ2v) is 4.04. The molecule has 0 aliphatic carbocycles. The number of benzene rings is 1. The number of nitrogens with one attached hydrogen (secondary N) is 1. The monoisotopic (exact) mass is 275 g/mol. The molecule has 6 heteroatoms. The number of nitriles is 1. The van der Waals surface area contributed by atoms with E-state index in [1.807, 2.05) is 6.07 Å². The van der Waals surface area contributed by atoms with E-state index >= 15 is 0 Å². The molecule has 1 aromatic carbocycles. The first-order valence-corrected chi connectivity index (χ1v) is 5.61. The highest BCUT2D eigenvalue weighted by atomic mass is 35.5. The zero-order valence-electron chi connectivity index (χ0n) is 9.52. The van der Waals surface area contributed by atoms with Gasteiger partial charge >= 0.3 is 0 Å². The van der Waals surface area contributed by atoms with E-state index in [4.69, 9.17) is 16.9 Å². The van der Waals surface area contributed by atoms with Crippen LogP contribution in [-0.4, -0.2) is 10.9 Å². The number of hydrogen-bond acceptors (Lipinski definition) is 3. The minimum Gasteiger partial charge on any atom is -0.319 e. The Morgan fingerprint density at radius 1 is 1.37 bits per heavy atom. The number of pyridine rings is 1. The van der Waals surface area contributed by atoms with E-state index in [-0.39, 0.29) is 16.9 Å². The summed E-state index contributed by atoms with van der Waals surface area (Å²) in [5.74, 6) is -1.36. The van der Waals surface area contributed by atoms with E-state index in [1.165, 1.54) is 30.3 Å². The Labute approximate surface area is 113 Å². The predicted octanol–water partition coefficient (Wildman–Crippen LogP) is 3.00. The second kappa shape index (κ2) is 5.46. The van der Waals surface area contributed by atoms with Crippen molar-refractivity contribution in [2.24, 2.45) is 0 Å². The third-order valence-electron chi connectivity index (χ3n) is 2.30. The smallest absolute Gasteiger partial charge is 0.274 e. The largest absolute Gasteiger partial charge is 0.319 e. The number of hydrogen-bond donors (Lipinski definition) is 1. The van der Waals surface area contributed by atoms with Crippen molar-refractivity contribution in [2.75, 3.05) is 5.32 Å². The fourth-order valence-electron chi connectivity index (χ4n) is 1.44. The van der Waals surface area contributed by atoms with Gasteiger partial charge in [0.25, 0.3) is 5.91 Å². The summed E-state index contributed by atoms with van der Waals surface area (Å²) in [5, 5.41) is 11.8.